The predicted octanol–water partition coefficient (Wildman–Crippen LogP) is 5.31. The Morgan fingerprint density at radius 3 is 2.71 bits per heavy atom. The van der Waals surface area contributed by atoms with Gasteiger partial charge in [0.25, 0.3) is 5.19 Å². The first kappa shape index (κ1) is 28.1. The van der Waals surface area contributed by atoms with Crippen molar-refractivity contribution in [3.05, 3.63) is 40.5 Å². The fourth-order valence-electron chi connectivity index (χ4n) is 4.53. The van der Waals surface area contributed by atoms with Gasteiger partial charge in [-0.2, -0.15) is 4.52 Å². The second kappa shape index (κ2) is 11.0. The monoisotopic (exact) mass is 617 g/mol. The van der Waals surface area contributed by atoms with Crippen LogP contribution in [0, 0.1) is 0 Å². The Labute approximate surface area is 247 Å². The van der Waals surface area contributed by atoms with Gasteiger partial charge in [0.1, 0.15) is 34.4 Å². The van der Waals surface area contributed by atoms with E-state index in [-0.39, 0.29) is 6.61 Å². The summed E-state index contributed by atoms with van der Waals surface area (Å²) < 4.78 is 46.7. The maximum absolute atomic E-state index is 13.1. The van der Waals surface area contributed by atoms with Crippen molar-refractivity contribution >= 4 is 49.6 Å². The van der Waals surface area contributed by atoms with Gasteiger partial charge in [-0.15, -0.1) is 16.4 Å². The molecule has 14 heteroatoms. The fourth-order valence-corrected chi connectivity index (χ4v) is 7.27. The van der Waals surface area contributed by atoms with Crippen LogP contribution in [0.2, 0.25) is 0 Å². The average molecular weight is 618 g/mol. The van der Waals surface area contributed by atoms with Crippen molar-refractivity contribution < 1.29 is 27.6 Å². The standard InChI is InChI=1S/C27H31N5O6S3/c1-26(2,3)41(33)31-27(6-8-36-9-7-27)23-29-16(15-39-23)14-37-20-10-17(34-4)11-21-18(20)12-22(38-21)19-13-28-24-32(19)30-25(35-5)40-24/h10-13,15,31H,6-9,14H2,1-5H3. The summed E-state index contributed by atoms with van der Waals surface area (Å²) >= 11 is 2.90. The van der Waals surface area contributed by atoms with E-state index < -0.39 is 21.3 Å². The number of imidazole rings is 1. The number of hydrogen-bond donors (Lipinski definition) is 1. The van der Waals surface area contributed by atoms with Crippen LogP contribution >= 0.6 is 22.7 Å². The van der Waals surface area contributed by atoms with Gasteiger partial charge in [0.2, 0.25) is 4.96 Å². The number of aromatic nitrogens is 4. The van der Waals surface area contributed by atoms with E-state index in [0.717, 1.165) is 16.1 Å². The van der Waals surface area contributed by atoms with Crippen molar-refractivity contribution in [3.63, 3.8) is 0 Å². The lowest BCUT2D eigenvalue weighted by Crippen LogP contribution is -2.51. The highest BCUT2D eigenvalue weighted by Crippen LogP contribution is 2.39. The van der Waals surface area contributed by atoms with Crippen LogP contribution in [0.15, 0.2) is 34.2 Å². The van der Waals surface area contributed by atoms with Crippen molar-refractivity contribution in [1.82, 2.24) is 24.3 Å². The van der Waals surface area contributed by atoms with Gasteiger partial charge in [0.15, 0.2) is 5.76 Å². The Hall–Kier alpha value is -3.04. The summed E-state index contributed by atoms with van der Waals surface area (Å²) in [5, 5.41) is 8.63. The second-order valence-electron chi connectivity index (χ2n) is 10.7. The lowest BCUT2D eigenvalue weighted by molar-refractivity contribution is 0.0460. The van der Waals surface area contributed by atoms with Crippen molar-refractivity contribution in [2.45, 2.75) is 50.5 Å². The number of thiazole rings is 1. The van der Waals surface area contributed by atoms with Gasteiger partial charge >= 0.3 is 0 Å². The molecule has 1 unspecified atom stereocenters. The van der Waals surface area contributed by atoms with Crippen LogP contribution in [0.4, 0.5) is 0 Å². The quantitative estimate of drug-likeness (QED) is 0.234. The fraction of sp³-hybridized carbons (Fsp3) is 0.444. The van der Waals surface area contributed by atoms with E-state index in [2.05, 4.69) is 14.8 Å². The molecule has 1 aliphatic heterocycles. The molecule has 5 aromatic rings. The van der Waals surface area contributed by atoms with E-state index in [4.69, 9.17) is 28.3 Å². The van der Waals surface area contributed by atoms with E-state index in [1.807, 2.05) is 44.4 Å². The van der Waals surface area contributed by atoms with Crippen LogP contribution in [0.3, 0.4) is 0 Å². The Balaban J connectivity index is 1.27. The molecule has 1 fully saturated rings. The highest BCUT2D eigenvalue weighted by atomic mass is 32.2. The normalized spacial score (nSPS) is 16.3. The van der Waals surface area contributed by atoms with E-state index >= 15 is 0 Å². The Kier molecular flexibility index (Phi) is 7.53. The average Bonchev–Trinajstić information content (AvgIpc) is 3.74. The van der Waals surface area contributed by atoms with Gasteiger partial charge in [0, 0.05) is 30.7 Å². The van der Waals surface area contributed by atoms with Crippen molar-refractivity contribution in [1.29, 1.82) is 0 Å². The minimum absolute atomic E-state index is 0.244. The molecule has 4 aromatic heterocycles. The third-order valence-corrected chi connectivity index (χ3v) is 10.5. The van der Waals surface area contributed by atoms with Crippen LogP contribution in [0.25, 0.3) is 27.4 Å². The van der Waals surface area contributed by atoms with Gasteiger partial charge in [-0.25, -0.2) is 18.9 Å². The van der Waals surface area contributed by atoms with Crippen LogP contribution < -0.4 is 18.9 Å². The summed E-state index contributed by atoms with van der Waals surface area (Å²) in [7, 11) is 1.93. The molecule has 1 aromatic carbocycles. The summed E-state index contributed by atoms with van der Waals surface area (Å²) in [5.74, 6) is 1.80. The number of hydrogen-bond acceptors (Lipinski definition) is 11. The van der Waals surface area contributed by atoms with Gasteiger partial charge in [-0.3, -0.25) is 0 Å². The van der Waals surface area contributed by atoms with Crippen molar-refractivity contribution in [3.8, 4) is 28.1 Å². The zero-order chi connectivity index (χ0) is 28.8. The number of ether oxygens (including phenoxy) is 4. The molecule has 0 saturated carbocycles. The van der Waals surface area contributed by atoms with Gasteiger partial charge in [-0.1, -0.05) is 0 Å². The molecule has 218 valence electrons. The third kappa shape index (κ3) is 5.46. The smallest absolute Gasteiger partial charge is 0.294 e. The molecular formula is C27H31N5O6S3. The number of furan rings is 1. The molecule has 0 radical (unpaired) electrons. The zero-order valence-electron chi connectivity index (χ0n) is 23.4. The molecule has 6 rings (SSSR count). The lowest BCUT2D eigenvalue weighted by atomic mass is 9.92. The third-order valence-electron chi connectivity index (χ3n) is 6.83. The van der Waals surface area contributed by atoms with Crippen LogP contribution in [-0.2, 0) is 27.9 Å². The number of nitrogens with zero attached hydrogens (tertiary/aromatic N) is 4. The number of fused-ring (bicyclic) bond motifs is 2. The number of rotatable bonds is 9. The molecule has 1 N–H and O–H groups in total. The molecule has 0 aliphatic carbocycles. The molecule has 0 bridgehead atoms. The molecule has 1 saturated heterocycles. The molecule has 41 heavy (non-hydrogen) atoms. The first-order chi connectivity index (χ1) is 19.7. The predicted molar refractivity (Wildman–Crippen MR) is 158 cm³/mol. The Morgan fingerprint density at radius 1 is 1.17 bits per heavy atom. The van der Waals surface area contributed by atoms with Gasteiger partial charge in [-0.05, 0) is 51.0 Å². The van der Waals surface area contributed by atoms with Gasteiger partial charge in [0.05, 0.1) is 52.8 Å². The summed E-state index contributed by atoms with van der Waals surface area (Å²) in [6.45, 7) is 7.30. The molecular weight excluding hydrogens is 587 g/mol. The maximum atomic E-state index is 13.1. The zero-order valence-corrected chi connectivity index (χ0v) is 25.8. The van der Waals surface area contributed by atoms with Crippen molar-refractivity contribution in [2.24, 2.45) is 0 Å². The molecule has 5 heterocycles. The largest absolute Gasteiger partial charge is 0.496 e. The first-order valence-electron chi connectivity index (χ1n) is 13.0. The van der Waals surface area contributed by atoms with E-state index in [9.17, 15) is 4.21 Å². The van der Waals surface area contributed by atoms with E-state index in [1.165, 1.54) is 11.3 Å². The Morgan fingerprint density at radius 2 is 1.98 bits per heavy atom. The Bertz CT molecular complexity index is 1710. The lowest BCUT2D eigenvalue weighted by Gasteiger charge is -2.37. The topological polar surface area (TPSA) is 122 Å². The van der Waals surface area contributed by atoms with Crippen molar-refractivity contribution in [2.75, 3.05) is 27.4 Å². The molecule has 11 nitrogen and oxygen atoms in total. The van der Waals surface area contributed by atoms with Crippen LogP contribution in [0.5, 0.6) is 16.7 Å². The maximum Gasteiger partial charge on any atom is 0.294 e. The SMILES string of the molecule is COc1cc(OCc2csc(C3(NS(=O)C(C)(C)C)CCOCC3)n2)c2cc(-c3cnc4sc(OC)nn34)oc2c1. The minimum Gasteiger partial charge on any atom is -0.496 e. The van der Waals surface area contributed by atoms with Crippen LogP contribution in [-0.4, -0.2) is 56.0 Å². The summed E-state index contributed by atoms with van der Waals surface area (Å²) in [5.41, 5.74) is 1.59. The minimum atomic E-state index is -1.25. The number of methoxy groups -OCH3 is 2. The number of benzene rings is 1. The van der Waals surface area contributed by atoms with Crippen LogP contribution in [0.1, 0.15) is 44.3 Å². The second-order valence-corrected chi connectivity index (χ2v) is 14.4. The first-order valence-corrected chi connectivity index (χ1v) is 15.9. The summed E-state index contributed by atoms with van der Waals surface area (Å²) in [6.07, 6.45) is 3.12. The highest BCUT2D eigenvalue weighted by Gasteiger charge is 2.40. The van der Waals surface area contributed by atoms with E-state index in [1.54, 1.807) is 36.3 Å². The molecule has 1 aliphatic rings. The molecule has 0 spiro atoms. The number of nitrogens with one attached hydrogen (secondary N) is 1. The highest BCUT2D eigenvalue weighted by molar-refractivity contribution is 7.84. The molecule has 0 amide bonds. The summed E-state index contributed by atoms with van der Waals surface area (Å²) in [4.78, 5) is 10.1. The van der Waals surface area contributed by atoms with Gasteiger partial charge < -0.3 is 23.4 Å². The molecule has 1 atom stereocenters. The summed E-state index contributed by atoms with van der Waals surface area (Å²) in [6, 6.07) is 5.57. The van der Waals surface area contributed by atoms with E-state index in [0.29, 0.717) is 64.7 Å².